The summed E-state index contributed by atoms with van der Waals surface area (Å²) in [6.07, 6.45) is -1.11. The van der Waals surface area contributed by atoms with E-state index in [-0.39, 0.29) is 26.0 Å². The van der Waals surface area contributed by atoms with Gasteiger partial charge in [0, 0.05) is 20.4 Å². The van der Waals surface area contributed by atoms with E-state index >= 15 is 0 Å². The minimum atomic E-state index is -4.73. The topological polar surface area (TPSA) is 193 Å². The zero-order valence-electron chi connectivity index (χ0n) is 22.3. The lowest BCUT2D eigenvalue weighted by Crippen LogP contribution is -2.50. The van der Waals surface area contributed by atoms with Crippen molar-refractivity contribution in [1.82, 2.24) is 15.3 Å². The summed E-state index contributed by atoms with van der Waals surface area (Å²) < 4.78 is 54.5. The number of nitrogens with one attached hydrogen (secondary N) is 1. The summed E-state index contributed by atoms with van der Waals surface area (Å²) in [4.78, 5) is 62.3. The molecule has 2 bridgehead atoms. The van der Waals surface area contributed by atoms with Crippen molar-refractivity contribution in [1.29, 1.82) is 0 Å². The van der Waals surface area contributed by atoms with E-state index in [1.54, 1.807) is 6.92 Å². The molecule has 3 heterocycles. The first-order valence-electron chi connectivity index (χ1n) is 12.3. The number of rotatable bonds is 12. The summed E-state index contributed by atoms with van der Waals surface area (Å²) in [5.74, 6) is -3.97. The molecule has 39 heavy (non-hydrogen) atoms. The van der Waals surface area contributed by atoms with Crippen molar-refractivity contribution in [2.24, 2.45) is 5.41 Å². The number of hydrogen-bond donors (Lipinski definition) is 1. The summed E-state index contributed by atoms with van der Waals surface area (Å²) >= 11 is 0. The van der Waals surface area contributed by atoms with Crippen LogP contribution in [0.15, 0.2) is 0 Å². The quantitative estimate of drug-likeness (QED) is 0.180. The first-order chi connectivity index (χ1) is 18.0. The van der Waals surface area contributed by atoms with Crippen molar-refractivity contribution < 1.29 is 59.8 Å². The molecule has 0 saturated carbocycles. The molecule has 3 aliphatic rings. The molecule has 0 radical (unpaired) electrons. The van der Waals surface area contributed by atoms with Gasteiger partial charge in [-0.05, 0) is 33.6 Å². The Kier molecular flexibility index (Phi) is 9.09. The van der Waals surface area contributed by atoms with Crippen molar-refractivity contribution in [3.63, 3.8) is 0 Å². The Morgan fingerprint density at radius 2 is 1.85 bits per heavy atom. The van der Waals surface area contributed by atoms with Crippen LogP contribution in [0.5, 0.6) is 0 Å². The van der Waals surface area contributed by atoms with Gasteiger partial charge in [0.25, 0.3) is 0 Å². The molecule has 17 heteroatoms. The van der Waals surface area contributed by atoms with Gasteiger partial charge in [0.15, 0.2) is 12.8 Å². The number of nitrogens with zero attached hydrogens (tertiary/aromatic N) is 2. The second kappa shape index (κ2) is 11.6. The van der Waals surface area contributed by atoms with Gasteiger partial charge >= 0.3 is 34.3 Å². The number of amides is 3. The van der Waals surface area contributed by atoms with Gasteiger partial charge in [-0.1, -0.05) is 0 Å². The van der Waals surface area contributed by atoms with Crippen LogP contribution in [0.2, 0.25) is 0 Å². The third-order valence-corrected chi connectivity index (χ3v) is 6.81. The zero-order valence-corrected chi connectivity index (χ0v) is 23.1. The fourth-order valence-corrected chi connectivity index (χ4v) is 4.96. The smallest absolute Gasteiger partial charge is 0.421 e. The Bertz CT molecular complexity index is 1110. The Morgan fingerprint density at radius 1 is 1.15 bits per heavy atom. The number of esters is 3. The lowest BCUT2D eigenvalue weighted by molar-refractivity contribution is -0.161. The number of carbonyl (C=O) groups is 5. The number of cyclic esters (lactones) is 1. The molecule has 220 valence electrons. The lowest BCUT2D eigenvalue weighted by Gasteiger charge is -2.29. The highest BCUT2D eigenvalue weighted by Gasteiger charge is 2.50. The van der Waals surface area contributed by atoms with Crippen molar-refractivity contribution in [2.75, 3.05) is 26.5 Å². The standard InChI is InChI=1S/C22H33N3O13S/c1-6-33-19(29)21(2,3)11-35-39(31,32)38-25-13-7-8-14(24(10-13)20(25)30)17(27)23-12-34-16(26)9-15-18(28)37-22(4,5)36-15/h13-15H,6-12H2,1-5H3,(H,23,27)/t13-,14+,15?/m1/s1. The van der Waals surface area contributed by atoms with Crippen LogP contribution in [0.4, 0.5) is 4.79 Å². The molecule has 1 N–H and O–H groups in total. The molecular formula is C22H33N3O13S. The molecule has 0 aliphatic carbocycles. The highest BCUT2D eigenvalue weighted by atomic mass is 32.3. The summed E-state index contributed by atoms with van der Waals surface area (Å²) in [7, 11) is -4.73. The number of hydrogen-bond acceptors (Lipinski definition) is 13. The third-order valence-electron chi connectivity index (χ3n) is 6.06. The van der Waals surface area contributed by atoms with E-state index in [2.05, 4.69) is 5.32 Å². The summed E-state index contributed by atoms with van der Waals surface area (Å²) in [5.41, 5.74) is -1.29. The van der Waals surface area contributed by atoms with E-state index in [1.165, 1.54) is 27.7 Å². The second-order valence-electron chi connectivity index (χ2n) is 10.2. The number of ether oxygens (including phenoxy) is 4. The van der Waals surface area contributed by atoms with E-state index < -0.39 is 89.4 Å². The fourth-order valence-electron chi connectivity index (χ4n) is 4.09. The monoisotopic (exact) mass is 579 g/mol. The molecule has 1 unspecified atom stereocenters. The largest absolute Gasteiger partial charge is 0.466 e. The molecule has 16 nitrogen and oxygen atoms in total. The number of urea groups is 1. The van der Waals surface area contributed by atoms with Crippen LogP contribution in [0, 0.1) is 5.41 Å². The first kappa shape index (κ1) is 30.5. The van der Waals surface area contributed by atoms with Gasteiger partial charge in [-0.15, -0.1) is 4.28 Å². The minimum Gasteiger partial charge on any atom is -0.466 e. The SMILES string of the molecule is CCOC(=O)C(C)(C)COS(=O)(=O)ON1C(=O)N2C[C@H]1CC[C@H]2C(=O)NCOC(=O)CC1OC(C)(C)OC1=O. The number of fused-ring (bicyclic) bond motifs is 2. The van der Waals surface area contributed by atoms with E-state index in [0.29, 0.717) is 5.06 Å². The molecule has 3 atom stereocenters. The van der Waals surface area contributed by atoms with Gasteiger partial charge in [-0.25, -0.2) is 13.8 Å². The molecule has 3 saturated heterocycles. The molecule has 3 aliphatic heterocycles. The maximum atomic E-state index is 12.8. The third kappa shape index (κ3) is 7.55. The molecule has 3 amide bonds. The Morgan fingerprint density at radius 3 is 2.46 bits per heavy atom. The van der Waals surface area contributed by atoms with E-state index in [1.807, 2.05) is 0 Å². The average molecular weight is 580 g/mol. The normalized spacial score (nSPS) is 24.4. The highest BCUT2D eigenvalue weighted by Crippen LogP contribution is 2.31. The van der Waals surface area contributed by atoms with Crippen molar-refractivity contribution in [3.05, 3.63) is 0 Å². The predicted octanol–water partition coefficient (Wildman–Crippen LogP) is -0.278. The Balaban J connectivity index is 1.48. The maximum absolute atomic E-state index is 12.8. The minimum absolute atomic E-state index is 0.0114. The number of hydroxylamine groups is 2. The number of carbonyl (C=O) groups excluding carboxylic acids is 5. The van der Waals surface area contributed by atoms with Crippen LogP contribution >= 0.6 is 0 Å². The van der Waals surface area contributed by atoms with Gasteiger partial charge in [0.05, 0.1) is 31.1 Å². The summed E-state index contributed by atoms with van der Waals surface area (Å²) in [6.45, 7) is 6.51. The van der Waals surface area contributed by atoms with Gasteiger partial charge in [-0.3, -0.25) is 14.4 Å². The molecule has 0 aromatic heterocycles. The van der Waals surface area contributed by atoms with Gasteiger partial charge in [0.2, 0.25) is 11.7 Å². The van der Waals surface area contributed by atoms with Gasteiger partial charge in [-0.2, -0.15) is 13.5 Å². The maximum Gasteiger partial charge on any atom is 0.421 e. The summed E-state index contributed by atoms with van der Waals surface area (Å²) in [6, 6.07) is -2.50. The molecule has 0 aromatic rings. The average Bonchev–Trinajstić information content (AvgIpc) is 3.23. The molecule has 3 rings (SSSR count). The first-order valence-corrected chi connectivity index (χ1v) is 13.6. The number of piperidine rings is 1. The van der Waals surface area contributed by atoms with Crippen molar-refractivity contribution >= 4 is 40.2 Å². The molecule has 3 fully saturated rings. The molecular weight excluding hydrogens is 546 g/mol. The van der Waals surface area contributed by atoms with Crippen molar-refractivity contribution in [2.45, 2.75) is 77.9 Å². The van der Waals surface area contributed by atoms with Crippen LogP contribution in [0.1, 0.15) is 53.9 Å². The van der Waals surface area contributed by atoms with Crippen LogP contribution in [-0.4, -0.2) is 98.7 Å². The van der Waals surface area contributed by atoms with Crippen LogP contribution < -0.4 is 5.32 Å². The highest BCUT2D eigenvalue weighted by molar-refractivity contribution is 7.81. The zero-order chi connectivity index (χ0) is 29.2. The molecule has 0 spiro atoms. The Labute approximate surface area is 225 Å². The fraction of sp³-hybridized carbons (Fsp3) is 0.773. The van der Waals surface area contributed by atoms with Crippen LogP contribution in [-0.2, 0) is 57.0 Å². The Hall–Kier alpha value is -3.02. The summed E-state index contributed by atoms with van der Waals surface area (Å²) in [5, 5.41) is 3.01. The van der Waals surface area contributed by atoms with Gasteiger partial charge in [0.1, 0.15) is 6.04 Å². The van der Waals surface area contributed by atoms with Gasteiger partial charge < -0.3 is 29.2 Å². The van der Waals surface area contributed by atoms with E-state index in [0.717, 1.165) is 4.90 Å². The predicted molar refractivity (Wildman–Crippen MR) is 126 cm³/mol. The van der Waals surface area contributed by atoms with E-state index in [4.69, 9.17) is 27.4 Å². The lowest BCUT2D eigenvalue weighted by atomic mass is 9.95. The van der Waals surface area contributed by atoms with Crippen LogP contribution in [0.25, 0.3) is 0 Å². The van der Waals surface area contributed by atoms with Crippen molar-refractivity contribution in [3.8, 4) is 0 Å². The second-order valence-corrected chi connectivity index (χ2v) is 11.4. The van der Waals surface area contributed by atoms with Crippen LogP contribution in [0.3, 0.4) is 0 Å². The van der Waals surface area contributed by atoms with E-state index in [9.17, 15) is 32.4 Å². The molecule has 0 aromatic carbocycles.